The summed E-state index contributed by atoms with van der Waals surface area (Å²) in [6.07, 6.45) is 4.20. The van der Waals surface area contributed by atoms with Gasteiger partial charge < -0.3 is 14.4 Å². The number of para-hydroxylation sites is 1. The van der Waals surface area contributed by atoms with Crippen molar-refractivity contribution in [3.63, 3.8) is 0 Å². The SMILES string of the molecule is CC(C)(C)OC(=O)N1CCC(c2cccc3c2OC(C)(c2ccc(Cl)cn2)C=C3F)CC1. The molecule has 1 aromatic carbocycles. The minimum absolute atomic E-state index is 0.150. The number of likely N-dealkylation sites (tertiary alicyclic amines) is 1. The van der Waals surface area contributed by atoms with E-state index < -0.39 is 11.2 Å². The van der Waals surface area contributed by atoms with Crippen molar-refractivity contribution in [3.05, 3.63) is 64.4 Å². The summed E-state index contributed by atoms with van der Waals surface area (Å²) in [6.45, 7) is 8.54. The molecule has 1 saturated heterocycles. The third kappa shape index (κ3) is 4.60. The standard InChI is InChI=1S/C25H28ClFN2O3/c1-24(2,3)32-23(30)29-12-10-16(11-13-29)18-6-5-7-19-20(27)14-25(4,31-22(18)19)21-9-8-17(26)15-28-21/h5-9,14-16H,10-13H2,1-4H3. The number of hydrogen-bond donors (Lipinski definition) is 0. The summed E-state index contributed by atoms with van der Waals surface area (Å²) in [6, 6.07) is 9.04. The lowest BCUT2D eigenvalue weighted by Gasteiger charge is -2.37. The lowest BCUT2D eigenvalue weighted by atomic mass is 9.86. The Hall–Kier alpha value is -2.60. The molecule has 32 heavy (non-hydrogen) atoms. The average molecular weight is 459 g/mol. The van der Waals surface area contributed by atoms with Gasteiger partial charge in [-0.05, 0) is 70.2 Å². The first kappa shape index (κ1) is 22.6. The van der Waals surface area contributed by atoms with E-state index in [0.717, 1.165) is 18.4 Å². The number of piperidine rings is 1. The molecule has 1 unspecified atom stereocenters. The Morgan fingerprint density at radius 1 is 1.25 bits per heavy atom. The van der Waals surface area contributed by atoms with Crippen LogP contribution in [0.4, 0.5) is 9.18 Å². The van der Waals surface area contributed by atoms with Crippen LogP contribution in [0.3, 0.4) is 0 Å². The summed E-state index contributed by atoms with van der Waals surface area (Å²) in [4.78, 5) is 18.5. The molecule has 1 atom stereocenters. The van der Waals surface area contributed by atoms with Gasteiger partial charge in [0.15, 0.2) is 5.60 Å². The third-order valence-corrected chi connectivity index (χ3v) is 6.07. The summed E-state index contributed by atoms with van der Waals surface area (Å²) >= 11 is 5.97. The average Bonchev–Trinajstić information content (AvgIpc) is 2.72. The number of aromatic nitrogens is 1. The fourth-order valence-electron chi connectivity index (χ4n) is 4.23. The summed E-state index contributed by atoms with van der Waals surface area (Å²) in [5.74, 6) is 0.359. The van der Waals surface area contributed by atoms with Crippen LogP contribution >= 0.6 is 11.6 Å². The topological polar surface area (TPSA) is 51.7 Å². The smallest absolute Gasteiger partial charge is 0.410 e. The largest absolute Gasteiger partial charge is 0.476 e. The maximum Gasteiger partial charge on any atom is 0.410 e. The number of nitrogens with zero attached hydrogens (tertiary/aromatic N) is 2. The van der Waals surface area contributed by atoms with Gasteiger partial charge in [0, 0.05) is 25.4 Å². The first-order valence-corrected chi connectivity index (χ1v) is 11.2. The zero-order valence-corrected chi connectivity index (χ0v) is 19.6. The van der Waals surface area contributed by atoms with E-state index in [0.29, 0.717) is 35.1 Å². The van der Waals surface area contributed by atoms with Gasteiger partial charge in [0.25, 0.3) is 0 Å². The second-order valence-electron chi connectivity index (χ2n) is 9.53. The van der Waals surface area contributed by atoms with E-state index in [9.17, 15) is 4.79 Å². The fraction of sp³-hybridized carbons (Fsp3) is 0.440. The van der Waals surface area contributed by atoms with Gasteiger partial charge >= 0.3 is 6.09 Å². The molecule has 1 amide bonds. The fourth-order valence-corrected chi connectivity index (χ4v) is 4.35. The molecular formula is C25H28ClFN2O3. The highest BCUT2D eigenvalue weighted by molar-refractivity contribution is 6.30. The number of fused-ring (bicyclic) bond motifs is 1. The van der Waals surface area contributed by atoms with Crippen molar-refractivity contribution in [2.45, 2.75) is 57.7 Å². The second-order valence-corrected chi connectivity index (χ2v) is 9.97. The maximum atomic E-state index is 15.2. The zero-order chi connectivity index (χ0) is 23.1. The Balaban J connectivity index is 1.57. The summed E-state index contributed by atoms with van der Waals surface area (Å²) in [5, 5.41) is 0.510. The van der Waals surface area contributed by atoms with E-state index in [1.165, 1.54) is 12.3 Å². The number of benzene rings is 1. The van der Waals surface area contributed by atoms with Crippen molar-refractivity contribution in [2.24, 2.45) is 0 Å². The van der Waals surface area contributed by atoms with Crippen LogP contribution in [-0.2, 0) is 10.3 Å². The molecule has 4 rings (SSSR count). The highest BCUT2D eigenvalue weighted by Crippen LogP contribution is 2.46. The van der Waals surface area contributed by atoms with Gasteiger partial charge in [0.1, 0.15) is 17.2 Å². The van der Waals surface area contributed by atoms with Crippen molar-refractivity contribution >= 4 is 23.5 Å². The van der Waals surface area contributed by atoms with Crippen molar-refractivity contribution in [2.75, 3.05) is 13.1 Å². The predicted octanol–water partition coefficient (Wildman–Crippen LogP) is 6.47. The molecule has 170 valence electrons. The molecule has 0 radical (unpaired) electrons. The summed E-state index contributed by atoms with van der Waals surface area (Å²) in [5.41, 5.74) is 0.412. The molecule has 1 aromatic heterocycles. The van der Waals surface area contributed by atoms with Crippen LogP contribution < -0.4 is 4.74 Å². The van der Waals surface area contributed by atoms with Crippen LogP contribution in [0.15, 0.2) is 42.6 Å². The number of amides is 1. The first-order chi connectivity index (χ1) is 15.1. The van der Waals surface area contributed by atoms with Gasteiger partial charge in [-0.1, -0.05) is 23.7 Å². The molecule has 0 saturated carbocycles. The van der Waals surface area contributed by atoms with Gasteiger partial charge in [0.05, 0.1) is 16.3 Å². The van der Waals surface area contributed by atoms with E-state index in [-0.39, 0.29) is 17.8 Å². The number of ether oxygens (including phenoxy) is 2. The molecule has 2 aliphatic heterocycles. The minimum atomic E-state index is -1.05. The van der Waals surface area contributed by atoms with E-state index in [1.54, 1.807) is 30.0 Å². The van der Waals surface area contributed by atoms with Gasteiger partial charge in [-0.3, -0.25) is 4.98 Å². The molecule has 2 aliphatic rings. The monoisotopic (exact) mass is 458 g/mol. The molecular weight excluding hydrogens is 431 g/mol. The Morgan fingerprint density at radius 2 is 1.97 bits per heavy atom. The lowest BCUT2D eigenvalue weighted by molar-refractivity contribution is 0.0204. The van der Waals surface area contributed by atoms with Crippen LogP contribution in [0, 0.1) is 0 Å². The van der Waals surface area contributed by atoms with Crippen molar-refractivity contribution < 1.29 is 18.7 Å². The highest BCUT2D eigenvalue weighted by atomic mass is 35.5. The Kier molecular flexibility index (Phi) is 5.93. The summed E-state index contributed by atoms with van der Waals surface area (Å²) in [7, 11) is 0. The van der Waals surface area contributed by atoms with E-state index >= 15 is 4.39 Å². The number of carbonyl (C=O) groups excluding carboxylic acids is 1. The van der Waals surface area contributed by atoms with Crippen molar-refractivity contribution in [3.8, 4) is 5.75 Å². The maximum absolute atomic E-state index is 15.2. The molecule has 3 heterocycles. The van der Waals surface area contributed by atoms with E-state index in [1.807, 2.05) is 32.9 Å². The van der Waals surface area contributed by atoms with Crippen molar-refractivity contribution in [1.82, 2.24) is 9.88 Å². The highest BCUT2D eigenvalue weighted by Gasteiger charge is 2.37. The van der Waals surface area contributed by atoms with Gasteiger partial charge in [-0.2, -0.15) is 0 Å². The van der Waals surface area contributed by atoms with Gasteiger partial charge in [-0.15, -0.1) is 0 Å². The zero-order valence-electron chi connectivity index (χ0n) is 18.8. The van der Waals surface area contributed by atoms with Crippen LogP contribution in [0.1, 0.15) is 63.3 Å². The predicted molar refractivity (Wildman–Crippen MR) is 123 cm³/mol. The van der Waals surface area contributed by atoms with Crippen LogP contribution in [0.5, 0.6) is 5.75 Å². The molecule has 7 heteroatoms. The number of halogens is 2. The van der Waals surface area contributed by atoms with Crippen LogP contribution in [0.25, 0.3) is 5.83 Å². The minimum Gasteiger partial charge on any atom is -0.476 e. The number of carbonyl (C=O) groups is 1. The second kappa shape index (κ2) is 8.39. The van der Waals surface area contributed by atoms with Crippen LogP contribution in [0.2, 0.25) is 5.02 Å². The molecule has 0 spiro atoms. The number of pyridine rings is 1. The lowest BCUT2D eigenvalue weighted by Crippen LogP contribution is -2.41. The quantitative estimate of drug-likeness (QED) is 0.517. The van der Waals surface area contributed by atoms with Crippen molar-refractivity contribution in [1.29, 1.82) is 0 Å². The number of rotatable bonds is 2. The Bertz CT molecular complexity index is 1040. The Labute approximate surface area is 193 Å². The van der Waals surface area contributed by atoms with E-state index in [2.05, 4.69) is 4.98 Å². The molecule has 0 bridgehead atoms. The first-order valence-electron chi connectivity index (χ1n) is 10.9. The van der Waals surface area contributed by atoms with E-state index in [4.69, 9.17) is 21.1 Å². The molecule has 1 fully saturated rings. The van der Waals surface area contributed by atoms with Gasteiger partial charge in [0.2, 0.25) is 0 Å². The molecule has 0 aliphatic carbocycles. The van der Waals surface area contributed by atoms with Gasteiger partial charge in [-0.25, -0.2) is 9.18 Å². The molecule has 0 N–H and O–H groups in total. The van der Waals surface area contributed by atoms with Crippen LogP contribution in [-0.4, -0.2) is 34.7 Å². The normalized spacial score (nSPS) is 21.4. The Morgan fingerprint density at radius 3 is 2.59 bits per heavy atom. The summed E-state index contributed by atoms with van der Waals surface area (Å²) < 4.78 is 27.1. The number of hydrogen-bond acceptors (Lipinski definition) is 4. The molecule has 5 nitrogen and oxygen atoms in total. The third-order valence-electron chi connectivity index (χ3n) is 5.84. The molecule has 2 aromatic rings.